The molecule has 0 N–H and O–H groups in total. The highest BCUT2D eigenvalue weighted by Gasteiger charge is 2.11. The molecule has 0 aliphatic carbocycles. The van der Waals surface area contributed by atoms with Crippen LogP contribution in [-0.4, -0.2) is 16.6 Å². The maximum Gasteiger partial charge on any atom is 0.163 e. The van der Waals surface area contributed by atoms with Crippen molar-refractivity contribution < 1.29 is 9.35 Å². The Morgan fingerprint density at radius 2 is 2.17 bits per heavy atom. The molecule has 3 heteroatoms. The lowest BCUT2D eigenvalue weighted by atomic mass is 10.2. The Morgan fingerprint density at radius 1 is 1.50 bits per heavy atom. The van der Waals surface area contributed by atoms with Crippen LogP contribution in [0.15, 0.2) is 29.2 Å². The number of hydrogen-bond acceptors (Lipinski definition) is 2. The second kappa shape index (κ2) is 4.28. The summed E-state index contributed by atoms with van der Waals surface area (Å²) in [7, 11) is 0. The Labute approximate surface area is 74.8 Å². The Bertz CT molecular complexity index is 273. The number of carbonyl (C=O) groups is 1. The fraction of sp³-hybridized carbons (Fsp3) is 0.222. The Hall–Kier alpha value is -0.800. The largest absolute Gasteiger partial charge is 0.611 e. The molecule has 1 atom stereocenters. The summed E-state index contributed by atoms with van der Waals surface area (Å²) in [6.07, 6.45) is 0.739. The van der Waals surface area contributed by atoms with E-state index in [2.05, 4.69) is 0 Å². The summed E-state index contributed by atoms with van der Waals surface area (Å²) in [5.74, 6) is 0.546. The van der Waals surface area contributed by atoms with E-state index in [0.717, 1.165) is 6.29 Å². The van der Waals surface area contributed by atoms with Gasteiger partial charge in [-0.05, 0) is 30.2 Å². The minimum Gasteiger partial charge on any atom is -0.611 e. The van der Waals surface area contributed by atoms with Gasteiger partial charge in [-0.1, -0.05) is 12.1 Å². The number of rotatable bonds is 3. The first kappa shape index (κ1) is 9.29. The molecule has 1 unspecified atom stereocenters. The van der Waals surface area contributed by atoms with Gasteiger partial charge in [0.15, 0.2) is 11.2 Å². The van der Waals surface area contributed by atoms with Gasteiger partial charge in [-0.2, -0.15) is 0 Å². The van der Waals surface area contributed by atoms with E-state index < -0.39 is 11.2 Å². The molecule has 0 amide bonds. The topological polar surface area (TPSA) is 40.1 Å². The minimum atomic E-state index is -1.03. The van der Waals surface area contributed by atoms with E-state index in [4.69, 9.17) is 0 Å². The second-order valence-corrected chi connectivity index (χ2v) is 4.00. The van der Waals surface area contributed by atoms with Crippen LogP contribution in [0.1, 0.15) is 17.3 Å². The normalized spacial score (nSPS) is 12.5. The molecule has 0 fully saturated rings. The number of aldehydes is 1. The molecule has 1 rings (SSSR count). The third-order valence-electron chi connectivity index (χ3n) is 1.55. The van der Waals surface area contributed by atoms with Crippen molar-refractivity contribution in [2.75, 3.05) is 5.75 Å². The molecule has 0 aliphatic rings. The molecule has 0 saturated carbocycles. The monoisotopic (exact) mass is 182 g/mol. The highest BCUT2D eigenvalue weighted by atomic mass is 32.2. The van der Waals surface area contributed by atoms with E-state index in [1.54, 1.807) is 24.3 Å². The summed E-state index contributed by atoms with van der Waals surface area (Å²) in [5, 5.41) is 0. The van der Waals surface area contributed by atoms with Crippen molar-refractivity contribution in [1.29, 1.82) is 0 Å². The highest BCUT2D eigenvalue weighted by molar-refractivity contribution is 7.91. The number of carbonyl (C=O) groups excluding carboxylic acids is 1. The minimum absolute atomic E-state index is 0.526. The zero-order valence-corrected chi connectivity index (χ0v) is 7.64. The molecule has 0 heterocycles. The summed E-state index contributed by atoms with van der Waals surface area (Å²) < 4.78 is 11.3. The lowest BCUT2D eigenvalue weighted by molar-refractivity contribution is 0.112. The summed E-state index contributed by atoms with van der Waals surface area (Å²) in [5.41, 5.74) is 0.526. The molecule has 12 heavy (non-hydrogen) atoms. The molecule has 2 nitrogen and oxygen atoms in total. The van der Waals surface area contributed by atoms with E-state index in [1.807, 2.05) is 6.92 Å². The second-order valence-electron chi connectivity index (χ2n) is 2.29. The first-order valence-corrected chi connectivity index (χ1v) is 5.04. The Morgan fingerprint density at radius 3 is 2.75 bits per heavy atom. The molecule has 0 radical (unpaired) electrons. The van der Waals surface area contributed by atoms with Crippen molar-refractivity contribution >= 4 is 17.5 Å². The standard InChI is InChI=1S/C9H10O2S/c1-2-12(11)9-6-4-3-5-8(9)7-10/h3-7H,2H2,1H3. The van der Waals surface area contributed by atoms with Crippen LogP contribution in [0.25, 0.3) is 0 Å². The molecule has 0 bridgehead atoms. The zero-order chi connectivity index (χ0) is 8.97. The van der Waals surface area contributed by atoms with Crippen molar-refractivity contribution in [1.82, 2.24) is 0 Å². The van der Waals surface area contributed by atoms with Crippen LogP contribution < -0.4 is 0 Å². The first-order valence-electron chi connectivity index (χ1n) is 3.72. The van der Waals surface area contributed by atoms with E-state index >= 15 is 0 Å². The average Bonchev–Trinajstić information content (AvgIpc) is 2.16. The van der Waals surface area contributed by atoms with Gasteiger partial charge >= 0.3 is 0 Å². The fourth-order valence-electron chi connectivity index (χ4n) is 0.941. The van der Waals surface area contributed by atoms with Crippen molar-refractivity contribution in [2.45, 2.75) is 11.8 Å². The zero-order valence-electron chi connectivity index (χ0n) is 6.82. The van der Waals surface area contributed by atoms with Gasteiger partial charge in [0.25, 0.3) is 0 Å². The van der Waals surface area contributed by atoms with Gasteiger partial charge in [0.2, 0.25) is 0 Å². The number of benzene rings is 1. The maximum absolute atomic E-state index is 11.3. The molecule has 0 aromatic heterocycles. The average molecular weight is 182 g/mol. The van der Waals surface area contributed by atoms with Crippen LogP contribution in [0, 0.1) is 0 Å². The molecule has 1 aromatic carbocycles. The molecule has 1 aromatic rings. The van der Waals surface area contributed by atoms with Crippen molar-refractivity contribution in [3.63, 3.8) is 0 Å². The van der Waals surface area contributed by atoms with Crippen LogP contribution >= 0.6 is 0 Å². The lowest BCUT2D eigenvalue weighted by Crippen LogP contribution is -2.06. The molecule has 0 spiro atoms. The summed E-state index contributed by atoms with van der Waals surface area (Å²) >= 11 is -1.03. The molecular weight excluding hydrogens is 172 g/mol. The van der Waals surface area contributed by atoms with Crippen molar-refractivity contribution in [3.8, 4) is 0 Å². The SMILES string of the molecule is CC[S+]([O-])c1ccccc1C=O. The van der Waals surface area contributed by atoms with Gasteiger partial charge in [-0.15, -0.1) is 0 Å². The van der Waals surface area contributed by atoms with Gasteiger partial charge in [0.05, 0.1) is 5.56 Å². The highest BCUT2D eigenvalue weighted by Crippen LogP contribution is 2.14. The van der Waals surface area contributed by atoms with E-state index in [-0.39, 0.29) is 0 Å². The molecule has 0 aliphatic heterocycles. The lowest BCUT2D eigenvalue weighted by Gasteiger charge is -2.08. The van der Waals surface area contributed by atoms with E-state index in [0.29, 0.717) is 16.2 Å². The van der Waals surface area contributed by atoms with Gasteiger partial charge in [0, 0.05) is 0 Å². The predicted molar refractivity (Wildman–Crippen MR) is 48.8 cm³/mol. The fourth-order valence-corrected chi connectivity index (χ4v) is 1.86. The van der Waals surface area contributed by atoms with Crippen molar-refractivity contribution in [3.05, 3.63) is 29.8 Å². The summed E-state index contributed by atoms with van der Waals surface area (Å²) in [4.78, 5) is 11.1. The van der Waals surface area contributed by atoms with Gasteiger partial charge < -0.3 is 4.55 Å². The Kier molecular flexibility index (Phi) is 3.31. The van der Waals surface area contributed by atoms with Gasteiger partial charge in [-0.25, -0.2) is 0 Å². The maximum atomic E-state index is 11.3. The van der Waals surface area contributed by atoms with Crippen LogP contribution in [-0.2, 0) is 11.2 Å². The van der Waals surface area contributed by atoms with Gasteiger partial charge in [0.1, 0.15) is 5.75 Å². The molecule has 64 valence electrons. The van der Waals surface area contributed by atoms with Crippen LogP contribution in [0.4, 0.5) is 0 Å². The number of hydrogen-bond donors (Lipinski definition) is 0. The quantitative estimate of drug-likeness (QED) is 0.526. The van der Waals surface area contributed by atoms with Crippen LogP contribution in [0.5, 0.6) is 0 Å². The smallest absolute Gasteiger partial charge is 0.163 e. The predicted octanol–water partition coefficient (Wildman–Crippen LogP) is 1.63. The van der Waals surface area contributed by atoms with Crippen molar-refractivity contribution in [2.24, 2.45) is 0 Å². The van der Waals surface area contributed by atoms with E-state index in [9.17, 15) is 9.35 Å². The summed E-state index contributed by atoms with van der Waals surface area (Å²) in [6, 6.07) is 6.95. The first-order chi connectivity index (χ1) is 5.79. The van der Waals surface area contributed by atoms with Crippen LogP contribution in [0.2, 0.25) is 0 Å². The Balaban J connectivity index is 3.04. The molecule has 0 saturated heterocycles. The molecular formula is C9H10O2S. The third kappa shape index (κ3) is 1.87. The third-order valence-corrected chi connectivity index (χ3v) is 2.94. The van der Waals surface area contributed by atoms with Gasteiger partial charge in [-0.3, -0.25) is 4.79 Å². The summed E-state index contributed by atoms with van der Waals surface area (Å²) in [6.45, 7) is 1.83. The van der Waals surface area contributed by atoms with Crippen LogP contribution in [0.3, 0.4) is 0 Å². The van der Waals surface area contributed by atoms with E-state index in [1.165, 1.54) is 0 Å².